The molecule has 1 fully saturated rings. The SMILES string of the molecule is C[C@@H](Sc1nc2sc3c(c2c(=O)n1C[C@H]1CCCO1)CCC3)C(=O)N(C)C. The fourth-order valence-electron chi connectivity index (χ4n) is 3.87. The van der Waals surface area contributed by atoms with Crippen molar-refractivity contribution in [1.82, 2.24) is 14.5 Å². The van der Waals surface area contributed by atoms with Gasteiger partial charge in [0.25, 0.3) is 5.56 Å². The van der Waals surface area contributed by atoms with Crippen LogP contribution in [-0.4, -0.2) is 52.4 Å². The molecule has 1 saturated heterocycles. The van der Waals surface area contributed by atoms with E-state index in [-0.39, 0.29) is 22.8 Å². The van der Waals surface area contributed by atoms with Crippen LogP contribution in [0.4, 0.5) is 0 Å². The molecule has 1 aliphatic heterocycles. The van der Waals surface area contributed by atoms with Crippen LogP contribution < -0.4 is 5.56 Å². The minimum atomic E-state index is -0.299. The van der Waals surface area contributed by atoms with Crippen LogP contribution in [0.2, 0.25) is 0 Å². The highest BCUT2D eigenvalue weighted by atomic mass is 32.2. The van der Waals surface area contributed by atoms with Crippen molar-refractivity contribution in [3.05, 3.63) is 20.8 Å². The molecule has 0 bridgehead atoms. The first-order valence-electron chi connectivity index (χ1n) is 9.50. The number of thiophene rings is 1. The van der Waals surface area contributed by atoms with Crippen molar-refractivity contribution < 1.29 is 9.53 Å². The van der Waals surface area contributed by atoms with Gasteiger partial charge in [0.1, 0.15) is 4.83 Å². The predicted molar refractivity (Wildman–Crippen MR) is 109 cm³/mol. The maximum Gasteiger partial charge on any atom is 0.263 e. The van der Waals surface area contributed by atoms with Crippen molar-refractivity contribution in [2.45, 2.75) is 62.1 Å². The molecule has 0 N–H and O–H groups in total. The smallest absolute Gasteiger partial charge is 0.263 e. The third-order valence-electron chi connectivity index (χ3n) is 5.27. The third kappa shape index (κ3) is 3.54. The average molecular weight is 408 g/mol. The molecule has 0 saturated carbocycles. The first-order chi connectivity index (χ1) is 13.0. The zero-order valence-corrected chi connectivity index (χ0v) is 17.6. The fourth-order valence-corrected chi connectivity index (χ4v) is 6.24. The lowest BCUT2D eigenvalue weighted by atomic mass is 10.2. The molecule has 2 atom stereocenters. The Hall–Kier alpha value is -1.38. The van der Waals surface area contributed by atoms with Gasteiger partial charge >= 0.3 is 0 Å². The van der Waals surface area contributed by atoms with Gasteiger partial charge in [0.15, 0.2) is 5.16 Å². The van der Waals surface area contributed by atoms with Crippen LogP contribution in [0.15, 0.2) is 9.95 Å². The number of hydrogen-bond donors (Lipinski definition) is 0. The van der Waals surface area contributed by atoms with Crippen LogP contribution >= 0.6 is 23.1 Å². The summed E-state index contributed by atoms with van der Waals surface area (Å²) in [4.78, 5) is 34.3. The Morgan fingerprint density at radius 3 is 2.93 bits per heavy atom. The van der Waals surface area contributed by atoms with E-state index in [9.17, 15) is 9.59 Å². The molecule has 1 amide bonds. The number of carbonyl (C=O) groups is 1. The van der Waals surface area contributed by atoms with E-state index in [1.165, 1.54) is 22.2 Å². The summed E-state index contributed by atoms with van der Waals surface area (Å²) < 4.78 is 7.53. The van der Waals surface area contributed by atoms with Crippen molar-refractivity contribution in [1.29, 1.82) is 0 Å². The zero-order valence-electron chi connectivity index (χ0n) is 16.0. The molecule has 8 heteroatoms. The number of thioether (sulfide) groups is 1. The summed E-state index contributed by atoms with van der Waals surface area (Å²) in [6.45, 7) is 3.13. The molecule has 0 aromatic carbocycles. The van der Waals surface area contributed by atoms with Crippen LogP contribution in [0.25, 0.3) is 10.2 Å². The van der Waals surface area contributed by atoms with Crippen LogP contribution in [0, 0.1) is 0 Å². The van der Waals surface area contributed by atoms with Crippen molar-refractivity contribution in [2.24, 2.45) is 0 Å². The standard InChI is InChI=1S/C19H25N3O3S2/c1-11(17(23)21(2)3)26-19-20-16-15(13-7-4-8-14(13)27-16)18(24)22(19)10-12-6-5-9-25-12/h11-12H,4-10H2,1-3H3/t11-,12-/m1/s1. The minimum Gasteiger partial charge on any atom is -0.376 e. The number of ether oxygens (including phenoxy) is 1. The van der Waals surface area contributed by atoms with Crippen LogP contribution in [0.5, 0.6) is 0 Å². The Morgan fingerprint density at radius 1 is 1.41 bits per heavy atom. The molecule has 146 valence electrons. The van der Waals surface area contributed by atoms with E-state index in [0.717, 1.165) is 48.9 Å². The van der Waals surface area contributed by atoms with Gasteiger partial charge in [-0.1, -0.05) is 11.8 Å². The first kappa shape index (κ1) is 19.0. The second kappa shape index (κ2) is 7.56. The zero-order chi connectivity index (χ0) is 19.1. The van der Waals surface area contributed by atoms with Gasteiger partial charge in [-0.15, -0.1) is 11.3 Å². The van der Waals surface area contributed by atoms with Gasteiger partial charge < -0.3 is 9.64 Å². The first-order valence-corrected chi connectivity index (χ1v) is 11.2. The lowest BCUT2D eigenvalue weighted by Crippen LogP contribution is -2.32. The van der Waals surface area contributed by atoms with Gasteiger partial charge in [0.05, 0.1) is 23.3 Å². The van der Waals surface area contributed by atoms with Crippen molar-refractivity contribution in [2.75, 3.05) is 20.7 Å². The van der Waals surface area contributed by atoms with Gasteiger partial charge in [-0.05, 0) is 44.6 Å². The highest BCUT2D eigenvalue weighted by Gasteiger charge is 2.27. The van der Waals surface area contributed by atoms with Gasteiger partial charge in [-0.2, -0.15) is 0 Å². The summed E-state index contributed by atoms with van der Waals surface area (Å²) >= 11 is 3.02. The molecule has 0 unspecified atom stereocenters. The Balaban J connectivity index is 1.78. The minimum absolute atomic E-state index is 0.0201. The van der Waals surface area contributed by atoms with Crippen LogP contribution in [-0.2, 0) is 28.9 Å². The summed E-state index contributed by atoms with van der Waals surface area (Å²) in [5, 5.41) is 1.12. The highest BCUT2D eigenvalue weighted by molar-refractivity contribution is 8.00. The fraction of sp³-hybridized carbons (Fsp3) is 0.632. The van der Waals surface area contributed by atoms with E-state index in [2.05, 4.69) is 0 Å². The second-order valence-electron chi connectivity index (χ2n) is 7.48. The maximum absolute atomic E-state index is 13.4. The number of fused-ring (bicyclic) bond motifs is 3. The molecular weight excluding hydrogens is 382 g/mol. The largest absolute Gasteiger partial charge is 0.376 e. The second-order valence-corrected chi connectivity index (χ2v) is 9.87. The molecule has 3 heterocycles. The lowest BCUT2D eigenvalue weighted by molar-refractivity contribution is -0.127. The number of aryl methyl sites for hydroxylation is 2. The van der Waals surface area contributed by atoms with E-state index >= 15 is 0 Å². The molecule has 2 aromatic heterocycles. The van der Waals surface area contributed by atoms with E-state index in [1.807, 2.05) is 6.92 Å². The Labute approximate surface area is 166 Å². The van der Waals surface area contributed by atoms with Crippen molar-refractivity contribution in [3.63, 3.8) is 0 Å². The van der Waals surface area contributed by atoms with Gasteiger partial charge in [0.2, 0.25) is 5.91 Å². The quantitative estimate of drug-likeness (QED) is 0.563. The molecule has 4 rings (SSSR count). The van der Waals surface area contributed by atoms with E-state index in [0.29, 0.717) is 11.7 Å². The summed E-state index contributed by atoms with van der Waals surface area (Å²) in [6.07, 6.45) is 5.16. The summed E-state index contributed by atoms with van der Waals surface area (Å²) in [6, 6.07) is 0. The van der Waals surface area contributed by atoms with Crippen molar-refractivity contribution >= 4 is 39.2 Å². The monoisotopic (exact) mass is 407 g/mol. The summed E-state index contributed by atoms with van der Waals surface area (Å²) in [5.41, 5.74) is 1.23. The van der Waals surface area contributed by atoms with Crippen LogP contribution in [0.3, 0.4) is 0 Å². The van der Waals surface area contributed by atoms with E-state index in [4.69, 9.17) is 9.72 Å². The third-order valence-corrected chi connectivity index (χ3v) is 7.53. The topological polar surface area (TPSA) is 64.4 Å². The van der Waals surface area contributed by atoms with Crippen molar-refractivity contribution in [3.8, 4) is 0 Å². The number of amides is 1. The predicted octanol–water partition coefficient (Wildman–Crippen LogP) is 2.69. The molecule has 1 aliphatic carbocycles. The molecular formula is C19H25N3O3S2. The van der Waals surface area contributed by atoms with Gasteiger partial charge in [-0.25, -0.2) is 4.98 Å². The Kier molecular flexibility index (Phi) is 5.31. The lowest BCUT2D eigenvalue weighted by Gasteiger charge is -2.19. The number of nitrogens with zero attached hydrogens (tertiary/aromatic N) is 3. The number of hydrogen-bond acceptors (Lipinski definition) is 6. The highest BCUT2D eigenvalue weighted by Crippen LogP contribution is 2.36. The van der Waals surface area contributed by atoms with E-state index in [1.54, 1.807) is 34.9 Å². The van der Waals surface area contributed by atoms with Crippen LogP contribution in [0.1, 0.15) is 36.6 Å². The Morgan fingerprint density at radius 2 is 2.22 bits per heavy atom. The number of rotatable bonds is 5. The summed E-state index contributed by atoms with van der Waals surface area (Å²) in [5.74, 6) is 0.0201. The summed E-state index contributed by atoms with van der Waals surface area (Å²) in [7, 11) is 3.50. The molecule has 6 nitrogen and oxygen atoms in total. The Bertz CT molecular complexity index is 928. The average Bonchev–Trinajstić information content (AvgIpc) is 3.34. The maximum atomic E-state index is 13.4. The number of carbonyl (C=O) groups excluding carboxylic acids is 1. The molecule has 27 heavy (non-hydrogen) atoms. The van der Waals surface area contributed by atoms with E-state index < -0.39 is 0 Å². The molecule has 2 aromatic rings. The van der Waals surface area contributed by atoms with Gasteiger partial charge in [0, 0.05) is 25.6 Å². The number of aromatic nitrogens is 2. The molecule has 0 spiro atoms. The van der Waals surface area contributed by atoms with Gasteiger partial charge in [-0.3, -0.25) is 14.2 Å². The molecule has 2 aliphatic rings. The normalized spacial score (nSPS) is 20.2. The molecule has 0 radical (unpaired) electrons.